The van der Waals surface area contributed by atoms with Crippen LogP contribution in [0.4, 0.5) is 0 Å². The SMILES string of the molecule is Cc1cc(C(=O)N/N=C\c2c(C)nn(-c3ccccc3)c2C)n[nH]1. The summed E-state index contributed by atoms with van der Waals surface area (Å²) >= 11 is 0. The van der Waals surface area contributed by atoms with Crippen LogP contribution in [0.2, 0.25) is 0 Å². The standard InChI is InChI=1S/C17H18N6O/c1-11-9-16(20-19-11)17(24)21-18-10-15-12(2)22-23(13(15)3)14-7-5-4-6-8-14/h4-10H,1-3H3,(H,19,20)(H,21,24)/b18-10-. The minimum atomic E-state index is -0.360. The molecular formula is C17H18N6O. The molecule has 0 fully saturated rings. The van der Waals surface area contributed by atoms with E-state index in [1.165, 1.54) is 0 Å². The Labute approximate surface area is 139 Å². The average Bonchev–Trinajstić information content (AvgIpc) is 3.13. The van der Waals surface area contributed by atoms with E-state index in [1.807, 2.05) is 55.8 Å². The molecule has 7 heteroatoms. The number of H-pyrrole nitrogens is 1. The average molecular weight is 322 g/mol. The summed E-state index contributed by atoms with van der Waals surface area (Å²) in [5, 5.41) is 15.2. The summed E-state index contributed by atoms with van der Waals surface area (Å²) in [6, 6.07) is 11.5. The monoisotopic (exact) mass is 322 g/mol. The number of aromatic nitrogens is 4. The van der Waals surface area contributed by atoms with Gasteiger partial charge in [-0.1, -0.05) is 18.2 Å². The van der Waals surface area contributed by atoms with Crippen molar-refractivity contribution in [2.45, 2.75) is 20.8 Å². The number of hydrazone groups is 1. The highest BCUT2D eigenvalue weighted by molar-refractivity contribution is 5.93. The molecule has 0 saturated heterocycles. The highest BCUT2D eigenvalue weighted by Crippen LogP contribution is 2.16. The van der Waals surface area contributed by atoms with Gasteiger partial charge in [0, 0.05) is 11.3 Å². The van der Waals surface area contributed by atoms with Gasteiger partial charge in [-0.15, -0.1) is 0 Å². The van der Waals surface area contributed by atoms with Crippen molar-refractivity contribution in [3.8, 4) is 5.69 Å². The Bertz CT molecular complexity index is 891. The molecule has 0 aliphatic heterocycles. The number of benzene rings is 1. The van der Waals surface area contributed by atoms with Crippen LogP contribution in [0.25, 0.3) is 5.69 Å². The van der Waals surface area contributed by atoms with Crippen molar-refractivity contribution in [1.82, 2.24) is 25.4 Å². The summed E-state index contributed by atoms with van der Waals surface area (Å²) in [5.74, 6) is -0.360. The molecule has 0 atom stereocenters. The van der Waals surface area contributed by atoms with E-state index in [-0.39, 0.29) is 5.91 Å². The number of carbonyl (C=O) groups excluding carboxylic acids is 1. The molecule has 1 amide bonds. The van der Waals surface area contributed by atoms with Gasteiger partial charge in [0.25, 0.3) is 5.91 Å². The normalized spacial score (nSPS) is 11.1. The molecule has 2 heterocycles. The first-order valence-corrected chi connectivity index (χ1v) is 7.53. The van der Waals surface area contributed by atoms with E-state index in [1.54, 1.807) is 12.3 Å². The first-order chi connectivity index (χ1) is 11.6. The highest BCUT2D eigenvalue weighted by atomic mass is 16.2. The molecule has 3 aromatic rings. The second-order valence-electron chi connectivity index (χ2n) is 5.47. The van der Waals surface area contributed by atoms with E-state index < -0.39 is 0 Å². The van der Waals surface area contributed by atoms with Crippen LogP contribution in [0, 0.1) is 20.8 Å². The first-order valence-electron chi connectivity index (χ1n) is 7.53. The summed E-state index contributed by atoms with van der Waals surface area (Å²) in [6.07, 6.45) is 1.61. The first kappa shape index (κ1) is 15.7. The Morgan fingerprint density at radius 1 is 1.25 bits per heavy atom. The maximum Gasteiger partial charge on any atom is 0.291 e. The Kier molecular flexibility index (Phi) is 4.24. The van der Waals surface area contributed by atoms with Gasteiger partial charge in [-0.3, -0.25) is 9.89 Å². The van der Waals surface area contributed by atoms with E-state index >= 15 is 0 Å². The molecule has 0 saturated carbocycles. The Balaban J connectivity index is 1.78. The number of aryl methyl sites for hydroxylation is 2. The fourth-order valence-electron chi connectivity index (χ4n) is 2.41. The number of aromatic amines is 1. The molecule has 0 radical (unpaired) electrons. The van der Waals surface area contributed by atoms with E-state index in [0.717, 1.165) is 28.3 Å². The van der Waals surface area contributed by atoms with Crippen molar-refractivity contribution in [1.29, 1.82) is 0 Å². The molecule has 0 aliphatic carbocycles. The number of amides is 1. The molecule has 0 aliphatic rings. The number of nitrogens with zero attached hydrogens (tertiary/aromatic N) is 4. The molecule has 0 spiro atoms. The zero-order valence-corrected chi connectivity index (χ0v) is 13.7. The van der Waals surface area contributed by atoms with Gasteiger partial charge < -0.3 is 0 Å². The molecule has 122 valence electrons. The predicted octanol–water partition coefficient (Wildman–Crippen LogP) is 2.28. The minimum absolute atomic E-state index is 0.304. The Morgan fingerprint density at radius 2 is 2.00 bits per heavy atom. The molecule has 0 bridgehead atoms. The Morgan fingerprint density at radius 3 is 2.67 bits per heavy atom. The largest absolute Gasteiger partial charge is 0.291 e. The maximum atomic E-state index is 11.9. The molecule has 24 heavy (non-hydrogen) atoms. The van der Waals surface area contributed by atoms with Gasteiger partial charge in [0.1, 0.15) is 0 Å². The summed E-state index contributed by atoms with van der Waals surface area (Å²) in [5.41, 5.74) is 7.24. The van der Waals surface area contributed by atoms with Crippen molar-refractivity contribution >= 4 is 12.1 Å². The van der Waals surface area contributed by atoms with Crippen molar-refractivity contribution in [2.75, 3.05) is 0 Å². The lowest BCUT2D eigenvalue weighted by molar-refractivity contribution is 0.0950. The van der Waals surface area contributed by atoms with Crippen molar-refractivity contribution in [2.24, 2.45) is 5.10 Å². The third kappa shape index (κ3) is 3.10. The molecule has 3 rings (SSSR count). The zero-order valence-electron chi connectivity index (χ0n) is 13.7. The van der Waals surface area contributed by atoms with E-state index in [0.29, 0.717) is 5.69 Å². The molecule has 2 N–H and O–H groups in total. The van der Waals surface area contributed by atoms with Gasteiger partial charge in [0.05, 0.1) is 23.3 Å². The predicted molar refractivity (Wildman–Crippen MR) is 91.4 cm³/mol. The van der Waals surface area contributed by atoms with Crippen LogP contribution in [0.1, 0.15) is 33.1 Å². The van der Waals surface area contributed by atoms with E-state index in [2.05, 4.69) is 25.8 Å². The molecule has 7 nitrogen and oxygen atoms in total. The van der Waals surface area contributed by atoms with Crippen LogP contribution >= 0.6 is 0 Å². The topological polar surface area (TPSA) is 88.0 Å². The van der Waals surface area contributed by atoms with Crippen molar-refractivity contribution in [3.05, 3.63) is 64.7 Å². The quantitative estimate of drug-likeness (QED) is 0.570. The van der Waals surface area contributed by atoms with E-state index in [9.17, 15) is 4.79 Å². The van der Waals surface area contributed by atoms with Crippen LogP contribution in [0.15, 0.2) is 41.5 Å². The van der Waals surface area contributed by atoms with Crippen LogP contribution < -0.4 is 5.43 Å². The smallest absolute Gasteiger partial charge is 0.282 e. The van der Waals surface area contributed by atoms with Gasteiger partial charge in [0.2, 0.25) is 0 Å². The fraction of sp³-hybridized carbons (Fsp3) is 0.176. The second-order valence-corrected chi connectivity index (χ2v) is 5.47. The van der Waals surface area contributed by atoms with Crippen LogP contribution in [0.3, 0.4) is 0 Å². The summed E-state index contributed by atoms with van der Waals surface area (Å²) in [4.78, 5) is 11.9. The summed E-state index contributed by atoms with van der Waals surface area (Å²) in [6.45, 7) is 5.71. The Hall–Kier alpha value is -3.22. The van der Waals surface area contributed by atoms with Gasteiger partial charge in [-0.05, 0) is 39.0 Å². The van der Waals surface area contributed by atoms with Crippen LogP contribution in [-0.2, 0) is 0 Å². The van der Waals surface area contributed by atoms with Gasteiger partial charge in [-0.2, -0.15) is 15.3 Å². The number of carbonyl (C=O) groups is 1. The minimum Gasteiger partial charge on any atom is -0.282 e. The lowest BCUT2D eigenvalue weighted by atomic mass is 10.2. The third-order valence-corrected chi connectivity index (χ3v) is 3.65. The van der Waals surface area contributed by atoms with Crippen LogP contribution in [-0.4, -0.2) is 32.1 Å². The van der Waals surface area contributed by atoms with Gasteiger partial charge >= 0.3 is 0 Å². The number of rotatable bonds is 4. The second kappa shape index (κ2) is 6.49. The number of nitrogens with one attached hydrogen (secondary N) is 2. The number of hydrogen-bond donors (Lipinski definition) is 2. The van der Waals surface area contributed by atoms with Crippen molar-refractivity contribution in [3.63, 3.8) is 0 Å². The number of para-hydroxylation sites is 1. The van der Waals surface area contributed by atoms with Crippen molar-refractivity contribution < 1.29 is 4.79 Å². The summed E-state index contributed by atoms with van der Waals surface area (Å²) < 4.78 is 1.86. The summed E-state index contributed by atoms with van der Waals surface area (Å²) in [7, 11) is 0. The molecular weight excluding hydrogens is 304 g/mol. The lowest BCUT2D eigenvalue weighted by Crippen LogP contribution is -2.18. The van der Waals surface area contributed by atoms with E-state index in [4.69, 9.17) is 0 Å². The van der Waals surface area contributed by atoms with Gasteiger partial charge in [0.15, 0.2) is 5.69 Å². The van der Waals surface area contributed by atoms with Crippen LogP contribution in [0.5, 0.6) is 0 Å². The molecule has 1 aromatic carbocycles. The number of hydrogen-bond acceptors (Lipinski definition) is 4. The van der Waals surface area contributed by atoms with Gasteiger partial charge in [-0.25, -0.2) is 10.1 Å². The molecule has 0 unspecified atom stereocenters. The zero-order chi connectivity index (χ0) is 17.1. The fourth-order valence-corrected chi connectivity index (χ4v) is 2.41. The highest BCUT2D eigenvalue weighted by Gasteiger charge is 2.12. The molecule has 2 aromatic heterocycles. The lowest BCUT2D eigenvalue weighted by Gasteiger charge is -2.03. The third-order valence-electron chi connectivity index (χ3n) is 3.65. The maximum absolute atomic E-state index is 11.9.